The van der Waals surface area contributed by atoms with E-state index in [9.17, 15) is 18.0 Å². The molecule has 0 saturated heterocycles. The molecule has 0 aromatic heterocycles. The molecule has 0 radical (unpaired) electrons. The molecule has 0 saturated carbocycles. The highest BCUT2D eigenvalue weighted by molar-refractivity contribution is 7.92. The van der Waals surface area contributed by atoms with Gasteiger partial charge in [-0.25, -0.2) is 8.42 Å². The SMILES string of the molecule is Cc1cccc(C)c1N(CC(=O)N(Cc1ccccc1Cl)[C@H](Cc1ccccc1)C(=O)NC(C)(C)C)S(C)(=O)=O. The van der Waals surface area contributed by atoms with E-state index in [1.165, 1.54) is 4.90 Å². The lowest BCUT2D eigenvalue weighted by molar-refractivity contribution is -0.140. The van der Waals surface area contributed by atoms with Crippen LogP contribution in [0.3, 0.4) is 0 Å². The van der Waals surface area contributed by atoms with E-state index in [0.29, 0.717) is 16.3 Å². The second kappa shape index (κ2) is 12.9. The molecule has 0 spiro atoms. The molecule has 3 rings (SSSR count). The number of aryl methyl sites for hydroxylation is 2. The van der Waals surface area contributed by atoms with E-state index in [0.717, 1.165) is 27.3 Å². The van der Waals surface area contributed by atoms with Crippen molar-refractivity contribution in [3.63, 3.8) is 0 Å². The van der Waals surface area contributed by atoms with Crippen LogP contribution in [0.4, 0.5) is 5.69 Å². The molecular weight excluding hydrogens is 546 g/mol. The van der Waals surface area contributed by atoms with Crippen LogP contribution in [0.25, 0.3) is 0 Å². The quantitative estimate of drug-likeness (QED) is 0.352. The summed E-state index contributed by atoms with van der Waals surface area (Å²) in [4.78, 5) is 29.4. The molecule has 7 nitrogen and oxygen atoms in total. The number of hydrogen-bond acceptors (Lipinski definition) is 4. The van der Waals surface area contributed by atoms with E-state index >= 15 is 0 Å². The number of benzene rings is 3. The van der Waals surface area contributed by atoms with Crippen molar-refractivity contribution in [1.29, 1.82) is 0 Å². The first-order valence-electron chi connectivity index (χ1n) is 13.1. The zero-order chi connectivity index (χ0) is 29.7. The first kappa shape index (κ1) is 31.2. The van der Waals surface area contributed by atoms with Crippen LogP contribution in [-0.2, 0) is 32.6 Å². The maximum atomic E-state index is 14.2. The van der Waals surface area contributed by atoms with Gasteiger partial charge in [-0.15, -0.1) is 0 Å². The molecule has 9 heteroatoms. The summed E-state index contributed by atoms with van der Waals surface area (Å²) in [6.07, 6.45) is 1.32. The van der Waals surface area contributed by atoms with E-state index in [2.05, 4.69) is 5.32 Å². The van der Waals surface area contributed by atoms with E-state index < -0.39 is 34.1 Å². The number of carbonyl (C=O) groups is 2. The van der Waals surface area contributed by atoms with Crippen LogP contribution in [-0.4, -0.2) is 49.5 Å². The van der Waals surface area contributed by atoms with Crippen molar-refractivity contribution in [3.05, 3.63) is 100 Å². The smallest absolute Gasteiger partial charge is 0.244 e. The zero-order valence-corrected chi connectivity index (χ0v) is 25.5. The average molecular weight is 584 g/mol. The Hall–Kier alpha value is -3.36. The topological polar surface area (TPSA) is 86.8 Å². The Bertz CT molecular complexity index is 1430. The molecule has 0 aliphatic heterocycles. The zero-order valence-electron chi connectivity index (χ0n) is 23.9. The Morgan fingerprint density at radius 3 is 2.02 bits per heavy atom. The summed E-state index contributed by atoms with van der Waals surface area (Å²) in [5.41, 5.74) is 2.86. The van der Waals surface area contributed by atoms with Gasteiger partial charge >= 0.3 is 0 Å². The van der Waals surface area contributed by atoms with Crippen molar-refractivity contribution in [2.75, 3.05) is 17.1 Å². The molecule has 0 unspecified atom stereocenters. The Balaban J connectivity index is 2.12. The Morgan fingerprint density at radius 2 is 1.48 bits per heavy atom. The second-order valence-electron chi connectivity index (χ2n) is 11.1. The first-order valence-corrected chi connectivity index (χ1v) is 15.3. The van der Waals surface area contributed by atoms with Crippen LogP contribution in [0, 0.1) is 13.8 Å². The highest BCUT2D eigenvalue weighted by Gasteiger charge is 2.35. The van der Waals surface area contributed by atoms with E-state index in [1.807, 2.05) is 89.2 Å². The van der Waals surface area contributed by atoms with Crippen LogP contribution in [0.1, 0.15) is 43.0 Å². The number of carbonyl (C=O) groups excluding carboxylic acids is 2. The fourth-order valence-corrected chi connectivity index (χ4v) is 5.75. The number of rotatable bonds is 10. The summed E-state index contributed by atoms with van der Waals surface area (Å²) in [7, 11) is -3.85. The number of nitrogens with one attached hydrogen (secondary N) is 1. The molecule has 0 aliphatic carbocycles. The Kier molecular flexibility index (Phi) is 10.0. The highest BCUT2D eigenvalue weighted by atomic mass is 35.5. The lowest BCUT2D eigenvalue weighted by Crippen LogP contribution is -2.56. The average Bonchev–Trinajstić information content (AvgIpc) is 2.85. The van der Waals surface area contributed by atoms with Gasteiger partial charge in [0, 0.05) is 23.5 Å². The minimum Gasteiger partial charge on any atom is -0.350 e. The Morgan fingerprint density at radius 1 is 0.900 bits per heavy atom. The first-order chi connectivity index (χ1) is 18.7. The molecule has 0 heterocycles. The van der Waals surface area contributed by atoms with Crippen LogP contribution in [0.5, 0.6) is 0 Å². The van der Waals surface area contributed by atoms with Gasteiger partial charge in [0.05, 0.1) is 11.9 Å². The summed E-state index contributed by atoms with van der Waals surface area (Å²) in [5, 5.41) is 3.46. The van der Waals surface area contributed by atoms with Crippen LogP contribution in [0.15, 0.2) is 72.8 Å². The maximum Gasteiger partial charge on any atom is 0.244 e. The monoisotopic (exact) mass is 583 g/mol. The third kappa shape index (κ3) is 8.32. The van der Waals surface area contributed by atoms with Gasteiger partial charge in [-0.3, -0.25) is 13.9 Å². The van der Waals surface area contributed by atoms with Gasteiger partial charge in [0.1, 0.15) is 12.6 Å². The number of anilines is 1. The number of hydrogen-bond donors (Lipinski definition) is 1. The number of sulfonamides is 1. The van der Waals surface area contributed by atoms with Crippen molar-refractivity contribution in [3.8, 4) is 0 Å². The molecule has 0 aliphatic rings. The lowest BCUT2D eigenvalue weighted by Gasteiger charge is -2.35. The molecule has 1 N–H and O–H groups in total. The van der Waals surface area contributed by atoms with Gasteiger partial charge in [-0.1, -0.05) is 78.3 Å². The number of nitrogens with zero attached hydrogens (tertiary/aromatic N) is 2. The third-order valence-electron chi connectivity index (χ3n) is 6.44. The van der Waals surface area contributed by atoms with Crippen molar-refractivity contribution in [2.24, 2.45) is 0 Å². The largest absolute Gasteiger partial charge is 0.350 e. The van der Waals surface area contributed by atoms with Crippen molar-refractivity contribution >= 4 is 39.1 Å². The molecule has 1 atom stereocenters. The lowest BCUT2D eigenvalue weighted by atomic mass is 10.0. The van der Waals surface area contributed by atoms with Gasteiger partial charge < -0.3 is 10.2 Å². The summed E-state index contributed by atoms with van der Waals surface area (Å²) in [6, 6.07) is 21.1. The van der Waals surface area contributed by atoms with Crippen molar-refractivity contribution in [2.45, 2.75) is 59.2 Å². The van der Waals surface area contributed by atoms with Gasteiger partial charge in [-0.2, -0.15) is 0 Å². The molecular formula is C31H38ClN3O4S. The van der Waals surface area contributed by atoms with Gasteiger partial charge in [-0.05, 0) is 62.9 Å². The minimum absolute atomic E-state index is 0.0257. The van der Waals surface area contributed by atoms with Crippen LogP contribution >= 0.6 is 11.6 Å². The van der Waals surface area contributed by atoms with Gasteiger partial charge in [0.25, 0.3) is 0 Å². The molecule has 3 aromatic carbocycles. The molecule has 2 amide bonds. The summed E-state index contributed by atoms with van der Waals surface area (Å²) < 4.78 is 27.2. The van der Waals surface area contributed by atoms with Gasteiger partial charge in [0.15, 0.2) is 0 Å². The summed E-state index contributed by atoms with van der Waals surface area (Å²) >= 11 is 6.49. The maximum absolute atomic E-state index is 14.2. The predicted molar refractivity (Wildman–Crippen MR) is 162 cm³/mol. The third-order valence-corrected chi connectivity index (χ3v) is 7.92. The summed E-state index contributed by atoms with van der Waals surface area (Å²) in [5.74, 6) is -0.854. The summed E-state index contributed by atoms with van der Waals surface area (Å²) in [6.45, 7) is 8.79. The van der Waals surface area contributed by atoms with Crippen LogP contribution in [0.2, 0.25) is 5.02 Å². The second-order valence-corrected chi connectivity index (χ2v) is 13.4. The standard InChI is InChI=1S/C31H38ClN3O4S/c1-22-13-12-14-23(2)29(22)35(40(6,38)39)21-28(36)34(20-25-17-10-11-18-26(25)32)27(30(37)33-31(3,4)5)19-24-15-8-7-9-16-24/h7-18,27H,19-21H2,1-6H3,(H,33,37)/t27-/m1/s1. The fourth-order valence-electron chi connectivity index (χ4n) is 4.59. The van der Waals surface area contributed by atoms with E-state index in [-0.39, 0.29) is 18.9 Å². The van der Waals surface area contributed by atoms with Crippen molar-refractivity contribution in [1.82, 2.24) is 10.2 Å². The molecule has 40 heavy (non-hydrogen) atoms. The highest BCUT2D eigenvalue weighted by Crippen LogP contribution is 2.28. The van der Waals surface area contributed by atoms with E-state index in [4.69, 9.17) is 11.6 Å². The normalized spacial score (nSPS) is 12.5. The van der Waals surface area contributed by atoms with Crippen LogP contribution < -0.4 is 9.62 Å². The molecule has 0 bridgehead atoms. The van der Waals surface area contributed by atoms with Gasteiger partial charge in [0.2, 0.25) is 21.8 Å². The number of para-hydroxylation sites is 1. The number of halogens is 1. The number of amides is 2. The Labute approximate surface area is 243 Å². The molecule has 214 valence electrons. The van der Waals surface area contributed by atoms with Crippen molar-refractivity contribution < 1.29 is 18.0 Å². The minimum atomic E-state index is -3.85. The van der Waals surface area contributed by atoms with E-state index in [1.54, 1.807) is 18.2 Å². The molecule has 3 aromatic rings. The fraction of sp³-hybridized carbons (Fsp3) is 0.355. The molecule has 0 fully saturated rings. The predicted octanol–water partition coefficient (Wildman–Crippen LogP) is 5.28.